The van der Waals surface area contributed by atoms with Crippen LogP contribution in [0.2, 0.25) is 0 Å². The van der Waals surface area contributed by atoms with Crippen LogP contribution in [0, 0.1) is 0 Å². The van der Waals surface area contributed by atoms with Gasteiger partial charge in [0.2, 0.25) is 5.95 Å². The molecule has 182 valence electrons. The Morgan fingerprint density at radius 1 is 0.889 bits per heavy atom. The lowest BCUT2D eigenvalue weighted by atomic mass is 10.2. The number of hydrogen-bond donors (Lipinski definition) is 2. The summed E-state index contributed by atoms with van der Waals surface area (Å²) in [5.41, 5.74) is 5.47. The molecule has 1 aliphatic heterocycles. The molecular weight excluding hydrogens is 452 g/mol. The monoisotopic (exact) mass is 480 g/mol. The van der Waals surface area contributed by atoms with E-state index in [1.165, 1.54) is 5.69 Å². The van der Waals surface area contributed by atoms with Gasteiger partial charge in [0.05, 0.1) is 25.1 Å². The summed E-state index contributed by atoms with van der Waals surface area (Å²) in [4.78, 5) is 21.0. The minimum Gasteiger partial charge on any atom is -0.378 e. The van der Waals surface area contributed by atoms with Crippen molar-refractivity contribution in [3.63, 3.8) is 0 Å². The molecule has 6 rings (SSSR count). The quantitative estimate of drug-likeness (QED) is 0.339. The van der Waals surface area contributed by atoms with Crippen molar-refractivity contribution in [2.45, 2.75) is 19.9 Å². The molecule has 0 spiro atoms. The van der Waals surface area contributed by atoms with Crippen LogP contribution in [0.1, 0.15) is 19.9 Å². The van der Waals surface area contributed by atoms with Gasteiger partial charge < -0.3 is 24.8 Å². The zero-order valence-electron chi connectivity index (χ0n) is 20.3. The third-order valence-corrected chi connectivity index (χ3v) is 6.34. The van der Waals surface area contributed by atoms with E-state index in [1.807, 2.05) is 36.7 Å². The predicted octanol–water partition coefficient (Wildman–Crippen LogP) is 5.28. The maximum Gasteiger partial charge on any atom is 0.231 e. The molecule has 0 radical (unpaired) electrons. The van der Waals surface area contributed by atoms with E-state index in [1.54, 1.807) is 6.20 Å². The van der Waals surface area contributed by atoms with Crippen LogP contribution >= 0.6 is 0 Å². The van der Waals surface area contributed by atoms with Gasteiger partial charge in [-0.1, -0.05) is 6.07 Å². The summed E-state index contributed by atoms with van der Waals surface area (Å²) in [6.45, 7) is 7.58. The first kappa shape index (κ1) is 22.2. The highest BCUT2D eigenvalue weighted by molar-refractivity contribution is 5.88. The van der Waals surface area contributed by atoms with Crippen LogP contribution in [0.25, 0.3) is 22.1 Å². The molecule has 9 nitrogen and oxygen atoms in total. The molecule has 2 aromatic carbocycles. The van der Waals surface area contributed by atoms with Gasteiger partial charge in [-0.15, -0.1) is 0 Å². The Hall–Kier alpha value is -4.24. The number of imidazole rings is 1. The average molecular weight is 481 g/mol. The molecule has 5 aromatic rings. The van der Waals surface area contributed by atoms with Gasteiger partial charge in [0.25, 0.3) is 0 Å². The number of morpholine rings is 1. The SMILES string of the molecule is CC(C)n1cnc2c(Nc3ccc(N4CCOCC4)cc3)nc(Nc3ccc4ncccc4c3)nc21. The normalized spacial score (nSPS) is 14.0. The number of aromatic nitrogens is 5. The van der Waals surface area contributed by atoms with Crippen molar-refractivity contribution in [2.75, 3.05) is 41.8 Å². The molecule has 0 saturated carbocycles. The molecule has 0 unspecified atom stereocenters. The zero-order chi connectivity index (χ0) is 24.5. The summed E-state index contributed by atoms with van der Waals surface area (Å²) in [5.74, 6) is 1.16. The zero-order valence-corrected chi connectivity index (χ0v) is 20.3. The lowest BCUT2D eigenvalue weighted by molar-refractivity contribution is 0.122. The number of anilines is 5. The number of benzene rings is 2. The van der Waals surface area contributed by atoms with Crippen LogP contribution in [-0.4, -0.2) is 50.8 Å². The van der Waals surface area contributed by atoms with Gasteiger partial charge in [0.1, 0.15) is 0 Å². The summed E-state index contributed by atoms with van der Waals surface area (Å²) in [6.07, 6.45) is 3.62. The summed E-state index contributed by atoms with van der Waals surface area (Å²) in [5, 5.41) is 7.89. The van der Waals surface area contributed by atoms with E-state index in [0.717, 1.165) is 59.7 Å². The Balaban J connectivity index is 1.33. The van der Waals surface area contributed by atoms with Gasteiger partial charge in [0.15, 0.2) is 17.0 Å². The van der Waals surface area contributed by atoms with Gasteiger partial charge in [-0.25, -0.2) is 4.98 Å². The maximum absolute atomic E-state index is 5.47. The molecule has 0 atom stereocenters. The Bertz CT molecular complexity index is 1510. The lowest BCUT2D eigenvalue weighted by Crippen LogP contribution is -2.36. The fourth-order valence-corrected chi connectivity index (χ4v) is 4.43. The van der Waals surface area contributed by atoms with Crippen molar-refractivity contribution >= 4 is 50.9 Å². The minimum absolute atomic E-state index is 0.213. The maximum atomic E-state index is 5.47. The van der Waals surface area contributed by atoms with Gasteiger partial charge in [-0.05, 0) is 62.4 Å². The topological polar surface area (TPSA) is 93.0 Å². The summed E-state index contributed by atoms with van der Waals surface area (Å²) in [7, 11) is 0. The summed E-state index contributed by atoms with van der Waals surface area (Å²) >= 11 is 0. The highest BCUT2D eigenvalue weighted by Gasteiger charge is 2.16. The molecule has 9 heteroatoms. The van der Waals surface area contributed by atoms with Crippen LogP contribution in [0.15, 0.2) is 67.1 Å². The average Bonchev–Trinajstić information content (AvgIpc) is 3.34. The third-order valence-electron chi connectivity index (χ3n) is 6.34. The van der Waals surface area contributed by atoms with E-state index in [0.29, 0.717) is 11.8 Å². The standard InChI is InChI=1S/C27H28N8O/c1-18(2)35-17-29-24-25(30-20-5-8-22(9-6-20)34-12-14-36-15-13-34)32-27(33-26(24)35)31-21-7-10-23-19(16-21)4-3-11-28-23/h3-11,16-18H,12-15H2,1-2H3,(H2,30,31,32,33). The Kier molecular flexibility index (Phi) is 5.82. The molecule has 1 saturated heterocycles. The van der Waals surface area contributed by atoms with E-state index in [9.17, 15) is 0 Å². The van der Waals surface area contributed by atoms with Crippen LogP contribution < -0.4 is 15.5 Å². The van der Waals surface area contributed by atoms with Crippen molar-refractivity contribution in [3.05, 3.63) is 67.1 Å². The molecule has 0 amide bonds. The Labute approximate surface area is 209 Å². The molecule has 4 heterocycles. The number of fused-ring (bicyclic) bond motifs is 2. The highest BCUT2D eigenvalue weighted by atomic mass is 16.5. The van der Waals surface area contributed by atoms with Crippen molar-refractivity contribution in [1.29, 1.82) is 0 Å². The first-order valence-electron chi connectivity index (χ1n) is 12.2. The van der Waals surface area contributed by atoms with Crippen LogP contribution in [-0.2, 0) is 4.74 Å². The number of rotatable bonds is 6. The minimum atomic E-state index is 0.213. The highest BCUT2D eigenvalue weighted by Crippen LogP contribution is 2.29. The van der Waals surface area contributed by atoms with E-state index in [-0.39, 0.29) is 6.04 Å². The Morgan fingerprint density at radius 2 is 1.69 bits per heavy atom. The molecular formula is C27H28N8O. The molecule has 2 N–H and O–H groups in total. The first-order chi connectivity index (χ1) is 17.6. The Morgan fingerprint density at radius 3 is 2.50 bits per heavy atom. The van der Waals surface area contributed by atoms with Crippen molar-refractivity contribution < 1.29 is 4.74 Å². The number of nitrogens with one attached hydrogen (secondary N) is 2. The first-order valence-corrected chi connectivity index (χ1v) is 12.2. The second-order valence-electron chi connectivity index (χ2n) is 9.12. The van der Waals surface area contributed by atoms with E-state index < -0.39 is 0 Å². The van der Waals surface area contributed by atoms with Crippen molar-refractivity contribution in [2.24, 2.45) is 0 Å². The van der Waals surface area contributed by atoms with Crippen molar-refractivity contribution in [1.82, 2.24) is 24.5 Å². The molecule has 36 heavy (non-hydrogen) atoms. The summed E-state index contributed by atoms with van der Waals surface area (Å²) < 4.78 is 7.53. The fourth-order valence-electron chi connectivity index (χ4n) is 4.43. The van der Waals surface area contributed by atoms with E-state index in [2.05, 4.69) is 68.2 Å². The fraction of sp³-hybridized carbons (Fsp3) is 0.259. The van der Waals surface area contributed by atoms with Gasteiger partial charge in [-0.2, -0.15) is 9.97 Å². The molecule has 1 aliphatic rings. The number of nitrogens with zero attached hydrogens (tertiary/aromatic N) is 6. The third kappa shape index (κ3) is 4.40. The largest absolute Gasteiger partial charge is 0.378 e. The second-order valence-corrected chi connectivity index (χ2v) is 9.12. The number of ether oxygens (including phenoxy) is 1. The summed E-state index contributed by atoms with van der Waals surface area (Å²) in [6, 6.07) is 18.6. The van der Waals surface area contributed by atoms with Crippen LogP contribution in [0.5, 0.6) is 0 Å². The smallest absolute Gasteiger partial charge is 0.231 e. The number of hydrogen-bond acceptors (Lipinski definition) is 8. The van der Waals surface area contributed by atoms with E-state index >= 15 is 0 Å². The molecule has 3 aromatic heterocycles. The van der Waals surface area contributed by atoms with E-state index in [4.69, 9.17) is 14.7 Å². The van der Waals surface area contributed by atoms with Crippen molar-refractivity contribution in [3.8, 4) is 0 Å². The van der Waals surface area contributed by atoms with Gasteiger partial charge >= 0.3 is 0 Å². The van der Waals surface area contributed by atoms with Gasteiger partial charge in [0, 0.05) is 47.8 Å². The second kappa shape index (κ2) is 9.43. The lowest BCUT2D eigenvalue weighted by Gasteiger charge is -2.28. The number of pyridine rings is 1. The molecule has 0 bridgehead atoms. The van der Waals surface area contributed by atoms with Gasteiger partial charge in [-0.3, -0.25) is 4.98 Å². The molecule has 0 aliphatic carbocycles. The molecule has 1 fully saturated rings. The predicted molar refractivity (Wildman–Crippen MR) is 143 cm³/mol. The van der Waals surface area contributed by atoms with Crippen LogP contribution in [0.4, 0.5) is 28.8 Å². The van der Waals surface area contributed by atoms with Crippen LogP contribution in [0.3, 0.4) is 0 Å².